The molecule has 0 aliphatic carbocycles. The Kier molecular flexibility index (Phi) is 4.52. The maximum Gasteiger partial charge on any atom is 0.253 e. The van der Waals surface area contributed by atoms with E-state index >= 15 is 0 Å². The Labute approximate surface area is 152 Å². The third kappa shape index (κ3) is 3.58. The molecule has 0 unspecified atom stereocenters. The molecule has 130 valence electrons. The zero-order chi connectivity index (χ0) is 17.3. The summed E-state index contributed by atoms with van der Waals surface area (Å²) in [7, 11) is 0. The van der Waals surface area contributed by atoms with Crippen LogP contribution in [-0.2, 0) is 11.3 Å². The number of benzene rings is 1. The van der Waals surface area contributed by atoms with Gasteiger partial charge in [0.2, 0.25) is 0 Å². The van der Waals surface area contributed by atoms with E-state index in [0.29, 0.717) is 6.61 Å². The van der Waals surface area contributed by atoms with Crippen molar-refractivity contribution >= 4 is 17.7 Å². The lowest BCUT2D eigenvalue weighted by Crippen LogP contribution is -2.60. The van der Waals surface area contributed by atoms with E-state index in [1.165, 1.54) is 5.56 Å². The van der Waals surface area contributed by atoms with Gasteiger partial charge in [-0.2, -0.15) is 0 Å². The quantitative estimate of drug-likeness (QED) is 0.845. The average Bonchev–Trinajstić information content (AvgIpc) is 3.04. The first-order valence-corrected chi connectivity index (χ1v) is 9.64. The number of thioether (sulfide) groups is 1. The largest absolute Gasteiger partial charge is 0.371 e. The van der Waals surface area contributed by atoms with Gasteiger partial charge in [0.05, 0.1) is 23.2 Å². The van der Waals surface area contributed by atoms with Crippen molar-refractivity contribution in [2.75, 3.05) is 18.8 Å². The number of pyridine rings is 1. The van der Waals surface area contributed by atoms with Gasteiger partial charge in [-0.05, 0) is 37.6 Å². The van der Waals surface area contributed by atoms with Crippen molar-refractivity contribution in [1.82, 2.24) is 9.88 Å². The number of amides is 1. The molecule has 0 N–H and O–H groups in total. The van der Waals surface area contributed by atoms with Crippen LogP contribution in [0, 0.1) is 6.92 Å². The normalized spacial score (nSPS) is 21.3. The minimum Gasteiger partial charge on any atom is -0.371 e. The molecular weight excluding hydrogens is 332 g/mol. The first-order chi connectivity index (χ1) is 12.1. The van der Waals surface area contributed by atoms with Crippen LogP contribution in [0.15, 0.2) is 48.7 Å². The average molecular weight is 354 g/mol. The second-order valence-corrected chi connectivity index (χ2v) is 8.47. The summed E-state index contributed by atoms with van der Waals surface area (Å²) in [6, 6.07) is 13.7. The molecular formula is C20H22N2O2S. The fourth-order valence-electron chi connectivity index (χ4n) is 3.49. The van der Waals surface area contributed by atoms with Gasteiger partial charge in [0.1, 0.15) is 0 Å². The Hall–Kier alpha value is -1.85. The maximum absolute atomic E-state index is 12.5. The molecule has 3 heterocycles. The Morgan fingerprint density at radius 3 is 2.80 bits per heavy atom. The highest BCUT2D eigenvalue weighted by Crippen LogP contribution is 2.46. The molecule has 2 aliphatic rings. The summed E-state index contributed by atoms with van der Waals surface area (Å²) in [6.45, 7) is 4.25. The van der Waals surface area contributed by atoms with Crippen LogP contribution < -0.4 is 0 Å². The summed E-state index contributed by atoms with van der Waals surface area (Å²) in [5.74, 6) is 1.14. The molecule has 5 heteroatoms. The number of hydrogen-bond acceptors (Lipinski definition) is 4. The first kappa shape index (κ1) is 16.6. The maximum atomic E-state index is 12.5. The molecule has 1 aromatic carbocycles. The summed E-state index contributed by atoms with van der Waals surface area (Å²) in [6.07, 6.45) is 3.07. The van der Waals surface area contributed by atoms with E-state index in [1.807, 2.05) is 66.1 Å². The molecule has 2 aromatic rings. The number of hydrogen-bond donors (Lipinski definition) is 0. The molecule has 1 aromatic heterocycles. The molecule has 1 spiro atoms. The van der Waals surface area contributed by atoms with Gasteiger partial charge < -0.3 is 9.64 Å². The predicted octanol–water partition coefficient (Wildman–Crippen LogP) is 3.31. The summed E-state index contributed by atoms with van der Waals surface area (Å²) < 4.78 is 6.22. The van der Waals surface area contributed by atoms with Crippen molar-refractivity contribution in [3.63, 3.8) is 0 Å². The Morgan fingerprint density at radius 1 is 1.28 bits per heavy atom. The molecule has 1 amide bonds. The van der Waals surface area contributed by atoms with Crippen LogP contribution in [0.4, 0.5) is 0 Å². The topological polar surface area (TPSA) is 42.4 Å². The van der Waals surface area contributed by atoms with Crippen molar-refractivity contribution in [2.45, 2.75) is 30.8 Å². The van der Waals surface area contributed by atoms with Crippen molar-refractivity contribution in [3.8, 4) is 0 Å². The second-order valence-electron chi connectivity index (χ2n) is 6.98. The van der Waals surface area contributed by atoms with E-state index in [9.17, 15) is 4.79 Å². The number of rotatable bonds is 4. The van der Waals surface area contributed by atoms with Crippen LogP contribution in [0.25, 0.3) is 0 Å². The standard InChI is InChI=1S/C20H22N2O2S/c1-15-5-7-16(8-6-15)19(23)22-13-20(14-22)10-18(12-25-20)24-11-17-4-2-3-9-21-17/h2-9,18H,10-14H2,1H3/t18-/m0/s1. The molecule has 1 atom stereocenters. The van der Waals surface area contributed by atoms with Crippen LogP contribution >= 0.6 is 11.8 Å². The molecule has 2 aliphatic heterocycles. The van der Waals surface area contributed by atoms with Gasteiger partial charge in [0.25, 0.3) is 5.91 Å². The Balaban J connectivity index is 1.28. The number of likely N-dealkylation sites (tertiary alicyclic amines) is 1. The summed E-state index contributed by atoms with van der Waals surface area (Å²) in [4.78, 5) is 18.8. The first-order valence-electron chi connectivity index (χ1n) is 8.65. The molecule has 2 fully saturated rings. The third-order valence-electron chi connectivity index (χ3n) is 4.91. The Bertz CT molecular complexity index is 742. The van der Waals surface area contributed by atoms with Gasteiger partial charge in [-0.25, -0.2) is 0 Å². The molecule has 4 nitrogen and oxygen atoms in total. The second kappa shape index (κ2) is 6.81. The van der Waals surface area contributed by atoms with Crippen LogP contribution in [0.3, 0.4) is 0 Å². The molecule has 25 heavy (non-hydrogen) atoms. The lowest BCUT2D eigenvalue weighted by Gasteiger charge is -2.47. The number of ether oxygens (including phenoxy) is 1. The van der Waals surface area contributed by atoms with Gasteiger partial charge in [0.15, 0.2) is 0 Å². The highest BCUT2D eigenvalue weighted by Gasteiger charge is 2.50. The van der Waals surface area contributed by atoms with E-state index < -0.39 is 0 Å². The highest BCUT2D eigenvalue weighted by atomic mass is 32.2. The Morgan fingerprint density at radius 2 is 2.08 bits per heavy atom. The highest BCUT2D eigenvalue weighted by molar-refractivity contribution is 8.01. The SMILES string of the molecule is Cc1ccc(C(=O)N2CC3(C[C@H](OCc4ccccn4)CS3)C2)cc1. The van der Waals surface area contributed by atoms with Crippen molar-refractivity contribution < 1.29 is 9.53 Å². The zero-order valence-corrected chi connectivity index (χ0v) is 15.2. The van der Waals surface area contributed by atoms with E-state index in [-0.39, 0.29) is 16.8 Å². The zero-order valence-electron chi connectivity index (χ0n) is 14.4. The van der Waals surface area contributed by atoms with Crippen LogP contribution in [0.2, 0.25) is 0 Å². The minimum absolute atomic E-state index is 0.143. The minimum atomic E-state index is 0.143. The smallest absolute Gasteiger partial charge is 0.253 e. The fraction of sp³-hybridized carbons (Fsp3) is 0.400. The monoisotopic (exact) mass is 354 g/mol. The predicted molar refractivity (Wildman–Crippen MR) is 99.7 cm³/mol. The molecule has 0 saturated carbocycles. The van der Waals surface area contributed by atoms with Crippen molar-refractivity contribution in [3.05, 3.63) is 65.5 Å². The van der Waals surface area contributed by atoms with Crippen LogP contribution in [0.1, 0.15) is 28.0 Å². The van der Waals surface area contributed by atoms with Gasteiger partial charge in [-0.15, -0.1) is 11.8 Å². The van der Waals surface area contributed by atoms with Crippen LogP contribution in [0.5, 0.6) is 0 Å². The van der Waals surface area contributed by atoms with Crippen molar-refractivity contribution in [1.29, 1.82) is 0 Å². The number of carbonyl (C=O) groups excluding carboxylic acids is 1. The lowest BCUT2D eigenvalue weighted by molar-refractivity contribution is 0.0245. The number of aromatic nitrogens is 1. The van der Waals surface area contributed by atoms with E-state index in [2.05, 4.69) is 4.98 Å². The molecule has 0 bridgehead atoms. The van der Waals surface area contributed by atoms with Crippen molar-refractivity contribution in [2.24, 2.45) is 0 Å². The van der Waals surface area contributed by atoms with Gasteiger partial charge in [0, 0.05) is 30.6 Å². The lowest BCUT2D eigenvalue weighted by atomic mass is 9.92. The molecule has 0 radical (unpaired) electrons. The van der Waals surface area contributed by atoms with E-state index in [4.69, 9.17) is 4.74 Å². The molecule has 4 rings (SSSR count). The summed E-state index contributed by atoms with van der Waals surface area (Å²) >= 11 is 1.95. The molecule has 2 saturated heterocycles. The summed E-state index contributed by atoms with van der Waals surface area (Å²) in [5.41, 5.74) is 2.93. The van der Waals surface area contributed by atoms with Gasteiger partial charge in [-0.3, -0.25) is 9.78 Å². The van der Waals surface area contributed by atoms with E-state index in [0.717, 1.165) is 36.5 Å². The number of carbonyl (C=O) groups is 1. The summed E-state index contributed by atoms with van der Waals surface area (Å²) in [5, 5.41) is 0. The van der Waals surface area contributed by atoms with Gasteiger partial charge >= 0.3 is 0 Å². The van der Waals surface area contributed by atoms with E-state index in [1.54, 1.807) is 6.20 Å². The number of aryl methyl sites for hydroxylation is 1. The fourth-order valence-corrected chi connectivity index (χ4v) is 5.04. The van der Waals surface area contributed by atoms with Gasteiger partial charge in [-0.1, -0.05) is 23.8 Å². The van der Waals surface area contributed by atoms with Crippen LogP contribution in [-0.4, -0.2) is 45.5 Å². The number of nitrogens with zero attached hydrogens (tertiary/aromatic N) is 2. The third-order valence-corrected chi connectivity index (χ3v) is 6.49.